The molecule has 13 heavy (non-hydrogen) atoms. The van der Waals surface area contributed by atoms with Gasteiger partial charge in [-0.25, -0.2) is 0 Å². The first-order chi connectivity index (χ1) is 6.13. The second-order valence-corrected chi connectivity index (χ2v) is 3.68. The molecule has 0 saturated heterocycles. The molecule has 0 aromatic carbocycles. The van der Waals surface area contributed by atoms with Gasteiger partial charge in [0.15, 0.2) is 0 Å². The van der Waals surface area contributed by atoms with E-state index in [-0.39, 0.29) is 0 Å². The Bertz CT molecular complexity index is 117. The Morgan fingerprint density at radius 2 is 2.00 bits per heavy atom. The van der Waals surface area contributed by atoms with Gasteiger partial charge in [0.25, 0.3) is 0 Å². The Morgan fingerprint density at radius 3 is 2.38 bits per heavy atom. The summed E-state index contributed by atoms with van der Waals surface area (Å²) in [5.41, 5.74) is 0. The summed E-state index contributed by atoms with van der Waals surface area (Å²) < 4.78 is 5.19. The normalized spacial score (nSPS) is 14.1. The van der Waals surface area contributed by atoms with Gasteiger partial charge in [0.05, 0.1) is 6.61 Å². The lowest BCUT2D eigenvalue weighted by Gasteiger charge is -2.30. The molecule has 80 valence electrons. The first kappa shape index (κ1) is 12.9. The topological polar surface area (TPSA) is 24.5 Å². The summed E-state index contributed by atoms with van der Waals surface area (Å²) in [7, 11) is 3.90. The molecule has 0 fully saturated rings. The van der Waals surface area contributed by atoms with Gasteiger partial charge in [-0.15, -0.1) is 0 Å². The summed E-state index contributed by atoms with van der Waals surface area (Å²) in [5.74, 6) is 0. The number of ether oxygens (including phenoxy) is 1. The van der Waals surface area contributed by atoms with Gasteiger partial charge in [0, 0.05) is 25.7 Å². The number of methoxy groups -OCH3 is 1. The van der Waals surface area contributed by atoms with Crippen LogP contribution in [0, 0.1) is 0 Å². The van der Waals surface area contributed by atoms with Crippen LogP contribution in [0.15, 0.2) is 0 Å². The lowest BCUT2D eigenvalue weighted by Crippen LogP contribution is -2.46. The number of likely N-dealkylation sites (N-methyl/N-ethyl adjacent to an activating group) is 2. The first-order valence-electron chi connectivity index (χ1n) is 5.05. The van der Waals surface area contributed by atoms with Gasteiger partial charge in [0.1, 0.15) is 0 Å². The second kappa shape index (κ2) is 7.30. The molecule has 1 atom stereocenters. The minimum atomic E-state index is 0.477. The SMILES string of the molecule is CCNCC(COC)N(C)C(C)C. The molecule has 0 aromatic rings. The molecule has 0 aliphatic rings. The fraction of sp³-hybridized carbons (Fsp3) is 1.00. The van der Waals surface area contributed by atoms with Gasteiger partial charge in [-0.1, -0.05) is 6.92 Å². The van der Waals surface area contributed by atoms with E-state index in [0.717, 1.165) is 19.7 Å². The van der Waals surface area contributed by atoms with Crippen LogP contribution in [0.25, 0.3) is 0 Å². The summed E-state index contributed by atoms with van der Waals surface area (Å²) in [6.45, 7) is 9.34. The monoisotopic (exact) mass is 188 g/mol. The minimum absolute atomic E-state index is 0.477. The molecular formula is C10H24N2O. The van der Waals surface area contributed by atoms with Crippen LogP contribution in [0.5, 0.6) is 0 Å². The zero-order chi connectivity index (χ0) is 10.3. The van der Waals surface area contributed by atoms with Gasteiger partial charge in [-0.2, -0.15) is 0 Å². The standard InChI is InChI=1S/C10H24N2O/c1-6-11-7-10(8-13-5)12(4)9(2)3/h9-11H,6-8H2,1-5H3. The lowest BCUT2D eigenvalue weighted by molar-refractivity contribution is 0.0886. The smallest absolute Gasteiger partial charge is 0.0630 e. The zero-order valence-electron chi connectivity index (χ0n) is 9.63. The molecule has 3 heteroatoms. The predicted octanol–water partition coefficient (Wildman–Crippen LogP) is 0.951. The van der Waals surface area contributed by atoms with E-state index >= 15 is 0 Å². The number of nitrogens with zero attached hydrogens (tertiary/aromatic N) is 1. The second-order valence-electron chi connectivity index (χ2n) is 3.68. The highest BCUT2D eigenvalue weighted by atomic mass is 16.5. The van der Waals surface area contributed by atoms with Crippen LogP contribution in [-0.2, 0) is 4.74 Å². The highest BCUT2D eigenvalue weighted by molar-refractivity contribution is 4.73. The van der Waals surface area contributed by atoms with Crippen molar-refractivity contribution in [1.29, 1.82) is 0 Å². The van der Waals surface area contributed by atoms with Gasteiger partial charge in [-0.05, 0) is 27.4 Å². The molecule has 0 saturated carbocycles. The van der Waals surface area contributed by atoms with Crippen molar-refractivity contribution in [3.8, 4) is 0 Å². The first-order valence-corrected chi connectivity index (χ1v) is 5.05. The molecular weight excluding hydrogens is 164 g/mol. The maximum Gasteiger partial charge on any atom is 0.0630 e. The van der Waals surface area contributed by atoms with E-state index in [2.05, 4.69) is 38.0 Å². The van der Waals surface area contributed by atoms with Gasteiger partial charge in [-0.3, -0.25) is 4.90 Å². The third kappa shape index (κ3) is 5.24. The lowest BCUT2D eigenvalue weighted by atomic mass is 10.2. The molecule has 3 nitrogen and oxygen atoms in total. The van der Waals surface area contributed by atoms with Crippen molar-refractivity contribution in [2.24, 2.45) is 0 Å². The van der Waals surface area contributed by atoms with Crippen LogP contribution in [0.2, 0.25) is 0 Å². The van der Waals surface area contributed by atoms with E-state index in [1.807, 2.05) is 0 Å². The molecule has 0 aliphatic heterocycles. The van der Waals surface area contributed by atoms with Crippen LogP contribution in [-0.4, -0.2) is 50.8 Å². The molecule has 0 spiro atoms. The van der Waals surface area contributed by atoms with E-state index in [0.29, 0.717) is 12.1 Å². The predicted molar refractivity (Wildman–Crippen MR) is 57.1 cm³/mol. The van der Waals surface area contributed by atoms with Crippen molar-refractivity contribution in [2.45, 2.75) is 32.9 Å². The van der Waals surface area contributed by atoms with Crippen molar-refractivity contribution in [3.63, 3.8) is 0 Å². The molecule has 0 rings (SSSR count). The van der Waals surface area contributed by atoms with Crippen molar-refractivity contribution in [3.05, 3.63) is 0 Å². The van der Waals surface area contributed by atoms with Crippen LogP contribution in [0.4, 0.5) is 0 Å². The zero-order valence-corrected chi connectivity index (χ0v) is 9.63. The average molecular weight is 188 g/mol. The molecule has 0 amide bonds. The van der Waals surface area contributed by atoms with E-state index < -0.39 is 0 Å². The number of nitrogens with one attached hydrogen (secondary N) is 1. The van der Waals surface area contributed by atoms with Gasteiger partial charge in [0.2, 0.25) is 0 Å². The van der Waals surface area contributed by atoms with Crippen molar-refractivity contribution >= 4 is 0 Å². The van der Waals surface area contributed by atoms with Crippen LogP contribution in [0.3, 0.4) is 0 Å². The van der Waals surface area contributed by atoms with Crippen LogP contribution >= 0.6 is 0 Å². The summed E-state index contributed by atoms with van der Waals surface area (Å²) in [5, 5.41) is 3.35. The highest BCUT2D eigenvalue weighted by Gasteiger charge is 2.15. The molecule has 0 bridgehead atoms. The fourth-order valence-electron chi connectivity index (χ4n) is 1.25. The van der Waals surface area contributed by atoms with Crippen molar-refractivity contribution in [1.82, 2.24) is 10.2 Å². The largest absolute Gasteiger partial charge is 0.383 e. The summed E-state index contributed by atoms with van der Waals surface area (Å²) >= 11 is 0. The maximum absolute atomic E-state index is 5.19. The summed E-state index contributed by atoms with van der Waals surface area (Å²) in [6.07, 6.45) is 0. The van der Waals surface area contributed by atoms with Crippen LogP contribution < -0.4 is 5.32 Å². The molecule has 0 heterocycles. The Labute approximate surface area is 82.4 Å². The van der Waals surface area contributed by atoms with E-state index in [1.54, 1.807) is 7.11 Å². The molecule has 1 N–H and O–H groups in total. The highest BCUT2D eigenvalue weighted by Crippen LogP contribution is 2.01. The molecule has 1 unspecified atom stereocenters. The van der Waals surface area contributed by atoms with Gasteiger partial charge >= 0.3 is 0 Å². The molecule has 0 radical (unpaired) electrons. The molecule has 0 aromatic heterocycles. The molecule has 0 aliphatic carbocycles. The number of hydrogen-bond donors (Lipinski definition) is 1. The Kier molecular flexibility index (Phi) is 7.23. The third-order valence-corrected chi connectivity index (χ3v) is 2.38. The minimum Gasteiger partial charge on any atom is -0.383 e. The summed E-state index contributed by atoms with van der Waals surface area (Å²) in [6, 6.07) is 1.05. The third-order valence-electron chi connectivity index (χ3n) is 2.38. The summed E-state index contributed by atoms with van der Waals surface area (Å²) in [4.78, 5) is 2.34. The Balaban J connectivity index is 3.90. The van der Waals surface area contributed by atoms with E-state index in [4.69, 9.17) is 4.74 Å². The average Bonchev–Trinajstić information content (AvgIpc) is 2.11. The van der Waals surface area contributed by atoms with Crippen molar-refractivity contribution in [2.75, 3.05) is 33.9 Å². The van der Waals surface area contributed by atoms with E-state index in [1.165, 1.54) is 0 Å². The Morgan fingerprint density at radius 1 is 1.38 bits per heavy atom. The number of rotatable bonds is 7. The quantitative estimate of drug-likeness (QED) is 0.644. The van der Waals surface area contributed by atoms with Gasteiger partial charge < -0.3 is 10.1 Å². The fourth-order valence-corrected chi connectivity index (χ4v) is 1.25. The Hall–Kier alpha value is -0.120. The van der Waals surface area contributed by atoms with Crippen LogP contribution in [0.1, 0.15) is 20.8 Å². The maximum atomic E-state index is 5.19. The van der Waals surface area contributed by atoms with E-state index in [9.17, 15) is 0 Å². The number of hydrogen-bond acceptors (Lipinski definition) is 3. The van der Waals surface area contributed by atoms with Crippen molar-refractivity contribution < 1.29 is 4.74 Å².